The van der Waals surface area contributed by atoms with Gasteiger partial charge in [-0.2, -0.15) is 13.2 Å². The molecule has 1 aromatic heterocycles. The van der Waals surface area contributed by atoms with Gasteiger partial charge in [-0.25, -0.2) is 9.97 Å². The molecule has 1 atom stereocenters. The van der Waals surface area contributed by atoms with E-state index in [1.165, 1.54) is 0 Å². The fraction of sp³-hybridized carbons (Fsp3) is 0.200. The molecule has 0 saturated heterocycles. The van der Waals surface area contributed by atoms with Crippen molar-refractivity contribution in [3.05, 3.63) is 95.6 Å². The van der Waals surface area contributed by atoms with Crippen LogP contribution in [0.1, 0.15) is 41.5 Å². The Morgan fingerprint density at radius 1 is 0.808 bits per heavy atom. The van der Waals surface area contributed by atoms with Crippen molar-refractivity contribution in [2.24, 2.45) is 0 Å². The van der Waals surface area contributed by atoms with E-state index in [1.807, 2.05) is 67.6 Å². The minimum Gasteiger partial charge on any atom is -0.297 e. The summed E-state index contributed by atoms with van der Waals surface area (Å²) in [5, 5.41) is 3.42. The van der Waals surface area contributed by atoms with Crippen molar-refractivity contribution in [3.8, 4) is 0 Å². The Balaban J connectivity index is 1.85. The van der Waals surface area contributed by atoms with Crippen molar-refractivity contribution in [3.63, 3.8) is 0 Å². The normalized spacial score (nSPS) is 13.0. The molecule has 1 N–H and O–H groups in total. The van der Waals surface area contributed by atoms with Crippen LogP contribution in [0.4, 0.5) is 13.2 Å². The minimum atomic E-state index is -4.44. The maximum atomic E-state index is 12.7. The van der Waals surface area contributed by atoms with Gasteiger partial charge >= 0.3 is 6.18 Å². The third kappa shape index (κ3) is 4.26. The summed E-state index contributed by atoms with van der Waals surface area (Å²) in [6.45, 7) is 1.83. The number of nitrogens with zero attached hydrogens (tertiary/aromatic N) is 2. The van der Waals surface area contributed by atoms with Gasteiger partial charge in [0, 0.05) is 12.4 Å². The van der Waals surface area contributed by atoms with E-state index in [0.717, 1.165) is 23.5 Å². The van der Waals surface area contributed by atoms with Crippen molar-refractivity contribution >= 4 is 0 Å². The van der Waals surface area contributed by atoms with Crippen LogP contribution in [-0.4, -0.2) is 9.97 Å². The van der Waals surface area contributed by atoms with Crippen molar-refractivity contribution in [1.29, 1.82) is 0 Å². The predicted octanol–water partition coefficient (Wildman–Crippen LogP) is 4.94. The molecule has 0 bridgehead atoms. The first kappa shape index (κ1) is 18.1. The molecule has 3 nitrogen and oxygen atoms in total. The molecule has 3 rings (SSSR count). The van der Waals surface area contributed by atoms with Gasteiger partial charge in [-0.15, -0.1) is 0 Å². The van der Waals surface area contributed by atoms with E-state index in [4.69, 9.17) is 0 Å². The van der Waals surface area contributed by atoms with Crippen LogP contribution in [-0.2, 0) is 6.18 Å². The molecule has 0 radical (unpaired) electrons. The van der Waals surface area contributed by atoms with Crippen LogP contribution in [0.5, 0.6) is 0 Å². The summed E-state index contributed by atoms with van der Waals surface area (Å²) in [7, 11) is 0. The lowest BCUT2D eigenvalue weighted by atomic mass is 9.98. The summed E-state index contributed by atoms with van der Waals surface area (Å²) in [6.07, 6.45) is -2.80. The molecule has 6 heteroatoms. The van der Waals surface area contributed by atoms with Gasteiger partial charge in [0.2, 0.25) is 0 Å². The second-order valence-electron chi connectivity index (χ2n) is 5.97. The van der Waals surface area contributed by atoms with Gasteiger partial charge in [0.05, 0.1) is 17.6 Å². The number of halogens is 3. The lowest BCUT2D eigenvalue weighted by Gasteiger charge is -2.24. The molecule has 0 saturated carbocycles. The van der Waals surface area contributed by atoms with E-state index in [1.54, 1.807) is 0 Å². The SMILES string of the molecule is CC(NC(c1ccccc1)c1ccccc1)c1ncc(C(F)(F)F)cn1. The van der Waals surface area contributed by atoms with Gasteiger partial charge in [0.25, 0.3) is 0 Å². The van der Waals surface area contributed by atoms with E-state index in [0.29, 0.717) is 5.82 Å². The highest BCUT2D eigenvalue weighted by molar-refractivity contribution is 5.32. The molecule has 0 fully saturated rings. The van der Waals surface area contributed by atoms with Crippen molar-refractivity contribution in [1.82, 2.24) is 15.3 Å². The summed E-state index contributed by atoms with van der Waals surface area (Å²) in [5.41, 5.74) is 1.26. The van der Waals surface area contributed by atoms with Crippen LogP contribution in [0.2, 0.25) is 0 Å². The largest absolute Gasteiger partial charge is 0.419 e. The van der Waals surface area contributed by atoms with E-state index >= 15 is 0 Å². The number of rotatable bonds is 5. The molecule has 1 unspecified atom stereocenters. The van der Waals surface area contributed by atoms with Crippen molar-refractivity contribution < 1.29 is 13.2 Å². The Morgan fingerprint density at radius 2 is 1.27 bits per heavy atom. The number of alkyl halides is 3. The summed E-state index contributed by atoms with van der Waals surface area (Å²) < 4.78 is 38.0. The quantitative estimate of drug-likeness (QED) is 0.703. The first-order valence-electron chi connectivity index (χ1n) is 8.20. The van der Waals surface area contributed by atoms with Gasteiger partial charge < -0.3 is 0 Å². The lowest BCUT2D eigenvalue weighted by molar-refractivity contribution is -0.138. The average Bonchev–Trinajstić information content (AvgIpc) is 2.67. The zero-order valence-corrected chi connectivity index (χ0v) is 14.1. The average molecular weight is 357 g/mol. The zero-order chi connectivity index (χ0) is 18.6. The smallest absolute Gasteiger partial charge is 0.297 e. The molecule has 3 aromatic rings. The Labute approximate surface area is 149 Å². The predicted molar refractivity (Wildman–Crippen MR) is 93.3 cm³/mol. The molecule has 0 aliphatic carbocycles. The molecular formula is C20H18F3N3. The van der Waals surface area contributed by atoms with Crippen LogP contribution in [0.3, 0.4) is 0 Å². The van der Waals surface area contributed by atoms with Crippen molar-refractivity contribution in [2.45, 2.75) is 25.2 Å². The molecule has 0 amide bonds. The Kier molecular flexibility index (Phi) is 5.32. The van der Waals surface area contributed by atoms with E-state index in [2.05, 4.69) is 15.3 Å². The van der Waals surface area contributed by atoms with E-state index < -0.39 is 11.7 Å². The van der Waals surface area contributed by atoms with Crippen LogP contribution in [0.15, 0.2) is 73.1 Å². The zero-order valence-electron chi connectivity index (χ0n) is 14.1. The maximum Gasteiger partial charge on any atom is 0.419 e. The fourth-order valence-electron chi connectivity index (χ4n) is 2.71. The highest BCUT2D eigenvalue weighted by Crippen LogP contribution is 2.29. The highest BCUT2D eigenvalue weighted by atomic mass is 19.4. The van der Waals surface area contributed by atoms with Crippen LogP contribution in [0.25, 0.3) is 0 Å². The number of benzene rings is 2. The summed E-state index contributed by atoms with van der Waals surface area (Å²) in [6, 6.07) is 19.2. The molecule has 26 heavy (non-hydrogen) atoms. The van der Waals surface area contributed by atoms with Crippen LogP contribution < -0.4 is 5.32 Å². The lowest BCUT2D eigenvalue weighted by Crippen LogP contribution is -2.27. The maximum absolute atomic E-state index is 12.7. The third-order valence-corrected chi connectivity index (χ3v) is 4.07. The first-order chi connectivity index (χ1) is 12.4. The van der Waals surface area contributed by atoms with Gasteiger partial charge in [-0.1, -0.05) is 60.7 Å². The summed E-state index contributed by atoms with van der Waals surface area (Å²) in [5.74, 6) is 0.315. The summed E-state index contributed by atoms with van der Waals surface area (Å²) in [4.78, 5) is 7.78. The van der Waals surface area contributed by atoms with E-state index in [9.17, 15) is 13.2 Å². The molecule has 1 heterocycles. The van der Waals surface area contributed by atoms with Gasteiger partial charge in [0.15, 0.2) is 0 Å². The third-order valence-electron chi connectivity index (χ3n) is 4.07. The topological polar surface area (TPSA) is 37.8 Å². The first-order valence-corrected chi connectivity index (χ1v) is 8.20. The molecule has 0 aliphatic rings. The molecule has 0 spiro atoms. The van der Waals surface area contributed by atoms with Gasteiger partial charge in [0.1, 0.15) is 5.82 Å². The summed E-state index contributed by atoms with van der Waals surface area (Å²) >= 11 is 0. The van der Waals surface area contributed by atoms with Gasteiger partial charge in [-0.05, 0) is 18.1 Å². The monoisotopic (exact) mass is 357 g/mol. The highest BCUT2D eigenvalue weighted by Gasteiger charge is 2.31. The Hall–Kier alpha value is -2.73. The number of aromatic nitrogens is 2. The molecular weight excluding hydrogens is 339 g/mol. The number of nitrogens with one attached hydrogen (secondary N) is 1. The standard InChI is InChI=1S/C20H18F3N3/c1-14(19-24-12-17(13-25-19)20(21,22)23)26-18(15-8-4-2-5-9-15)16-10-6-3-7-11-16/h2-14,18,26H,1H3. The van der Waals surface area contributed by atoms with Crippen LogP contribution >= 0.6 is 0 Å². The molecule has 0 aliphatic heterocycles. The second-order valence-corrected chi connectivity index (χ2v) is 5.97. The van der Waals surface area contributed by atoms with Crippen molar-refractivity contribution in [2.75, 3.05) is 0 Å². The fourth-order valence-corrected chi connectivity index (χ4v) is 2.71. The Bertz CT molecular complexity index is 779. The van der Waals surface area contributed by atoms with Crippen LogP contribution in [0, 0.1) is 0 Å². The number of hydrogen-bond acceptors (Lipinski definition) is 3. The van der Waals surface area contributed by atoms with E-state index in [-0.39, 0.29) is 12.1 Å². The molecule has 134 valence electrons. The Morgan fingerprint density at radius 3 is 1.69 bits per heavy atom. The second kappa shape index (κ2) is 7.66. The van der Waals surface area contributed by atoms with Gasteiger partial charge in [-0.3, -0.25) is 5.32 Å². The number of hydrogen-bond donors (Lipinski definition) is 1. The minimum absolute atomic E-state index is 0.127. The molecule has 2 aromatic carbocycles.